The topological polar surface area (TPSA) is 46.1 Å². The van der Waals surface area contributed by atoms with Crippen molar-refractivity contribution >= 4 is 6.03 Å². The minimum Gasteiger partial charge on any atom is -0.345 e. The summed E-state index contributed by atoms with van der Waals surface area (Å²) in [5.41, 5.74) is 5.02. The van der Waals surface area contributed by atoms with Gasteiger partial charge in [-0.15, -0.1) is 0 Å². The number of hydrogen-bond donors (Lipinski definition) is 2. The largest absolute Gasteiger partial charge is 0.345 e. The monoisotopic (exact) mass is 325 g/mol. The Morgan fingerprint density at radius 1 is 1.21 bits per heavy atom. The normalized spacial score (nSPS) is 14.8. The molecule has 1 fully saturated rings. The van der Waals surface area contributed by atoms with E-state index < -0.39 is 0 Å². The molecule has 4 nitrogen and oxygen atoms in total. The summed E-state index contributed by atoms with van der Waals surface area (Å²) in [6.07, 6.45) is 6.74. The number of aromatic nitrogens is 1. The number of amides is 2. The molecule has 0 bridgehead atoms. The number of rotatable bonds is 5. The van der Waals surface area contributed by atoms with Crippen LogP contribution in [0.5, 0.6) is 0 Å². The van der Waals surface area contributed by atoms with E-state index in [4.69, 9.17) is 0 Å². The van der Waals surface area contributed by atoms with Crippen molar-refractivity contribution in [3.63, 3.8) is 0 Å². The molecule has 1 saturated carbocycles. The van der Waals surface area contributed by atoms with Gasteiger partial charge < -0.3 is 15.2 Å². The van der Waals surface area contributed by atoms with Gasteiger partial charge in [-0.25, -0.2) is 4.79 Å². The van der Waals surface area contributed by atoms with Crippen molar-refractivity contribution in [2.24, 2.45) is 0 Å². The lowest BCUT2D eigenvalue weighted by molar-refractivity contribution is 0.236. The molecule has 24 heavy (non-hydrogen) atoms. The molecular formula is C20H27N3O. The van der Waals surface area contributed by atoms with Crippen molar-refractivity contribution in [1.82, 2.24) is 15.2 Å². The highest BCUT2D eigenvalue weighted by Gasteiger charge is 2.16. The maximum atomic E-state index is 12.0. The van der Waals surface area contributed by atoms with Crippen molar-refractivity contribution in [2.75, 3.05) is 0 Å². The average molecular weight is 325 g/mol. The molecule has 0 radical (unpaired) electrons. The Labute approximate surface area is 144 Å². The summed E-state index contributed by atoms with van der Waals surface area (Å²) in [7, 11) is 0. The molecule has 4 heteroatoms. The summed E-state index contributed by atoms with van der Waals surface area (Å²) in [4.78, 5) is 12.0. The third-order valence-electron chi connectivity index (χ3n) is 4.89. The van der Waals surface area contributed by atoms with Crippen LogP contribution in [-0.4, -0.2) is 16.6 Å². The Morgan fingerprint density at radius 2 is 2.00 bits per heavy atom. The number of carbonyl (C=O) groups is 1. The van der Waals surface area contributed by atoms with Crippen LogP contribution in [0.3, 0.4) is 0 Å². The molecule has 1 heterocycles. The molecule has 0 saturated heterocycles. The highest BCUT2D eigenvalue weighted by molar-refractivity contribution is 5.74. The van der Waals surface area contributed by atoms with Gasteiger partial charge in [-0.2, -0.15) is 0 Å². The number of nitrogens with one attached hydrogen (secondary N) is 2. The molecule has 0 aliphatic heterocycles. The lowest BCUT2D eigenvalue weighted by Crippen LogP contribution is -2.40. The zero-order valence-corrected chi connectivity index (χ0v) is 14.6. The third kappa shape index (κ3) is 4.19. The molecule has 0 spiro atoms. The summed E-state index contributed by atoms with van der Waals surface area (Å²) < 4.78 is 2.21. The summed E-state index contributed by atoms with van der Waals surface area (Å²) in [6.45, 7) is 5.65. The number of urea groups is 1. The van der Waals surface area contributed by atoms with Crippen LogP contribution in [0, 0.1) is 13.8 Å². The van der Waals surface area contributed by atoms with Crippen LogP contribution >= 0.6 is 0 Å². The molecule has 3 rings (SSSR count). The Kier molecular flexibility index (Phi) is 5.24. The average Bonchev–Trinajstić information content (AvgIpc) is 3.21. The minimum atomic E-state index is -0.0543. The lowest BCUT2D eigenvalue weighted by atomic mass is 10.1. The molecule has 2 aromatic rings. The van der Waals surface area contributed by atoms with Gasteiger partial charge >= 0.3 is 6.03 Å². The maximum Gasteiger partial charge on any atom is 0.315 e. The van der Waals surface area contributed by atoms with Gasteiger partial charge in [0.15, 0.2) is 0 Å². The lowest BCUT2D eigenvalue weighted by Gasteiger charge is -2.15. The van der Waals surface area contributed by atoms with Crippen LogP contribution in [0.25, 0.3) is 0 Å². The zero-order chi connectivity index (χ0) is 16.9. The first kappa shape index (κ1) is 16.6. The predicted octanol–water partition coefficient (Wildman–Crippen LogP) is 3.90. The van der Waals surface area contributed by atoms with Crippen LogP contribution in [0.1, 0.15) is 48.1 Å². The molecular weight excluding hydrogens is 298 g/mol. The van der Waals surface area contributed by atoms with Crippen molar-refractivity contribution in [2.45, 2.75) is 58.7 Å². The standard InChI is InChI=1S/C20H27N3O/c1-15-9-10-16(2)17(12-15)14-23-11-5-8-19(23)13-21-20(24)22-18-6-3-4-7-18/h5,8-12,18H,3-4,6-7,13-14H2,1-2H3,(H2,21,22,24). The Morgan fingerprint density at radius 3 is 2.79 bits per heavy atom. The van der Waals surface area contributed by atoms with Crippen molar-refractivity contribution < 1.29 is 4.79 Å². The molecule has 1 aromatic heterocycles. The van der Waals surface area contributed by atoms with Gasteiger partial charge in [0.1, 0.15) is 0 Å². The van der Waals surface area contributed by atoms with Gasteiger partial charge in [0.2, 0.25) is 0 Å². The van der Waals surface area contributed by atoms with E-state index in [2.05, 4.69) is 59.5 Å². The smallest absolute Gasteiger partial charge is 0.315 e. The SMILES string of the molecule is Cc1ccc(C)c(Cn2cccc2CNC(=O)NC2CCCC2)c1. The second-order valence-corrected chi connectivity index (χ2v) is 6.87. The van der Waals surface area contributed by atoms with E-state index in [-0.39, 0.29) is 6.03 Å². The summed E-state index contributed by atoms with van der Waals surface area (Å²) in [6, 6.07) is 11.0. The molecule has 0 unspecified atom stereocenters. The number of nitrogens with zero attached hydrogens (tertiary/aromatic N) is 1. The molecule has 2 amide bonds. The van der Waals surface area contributed by atoms with E-state index >= 15 is 0 Å². The highest BCUT2D eigenvalue weighted by atomic mass is 16.2. The molecule has 2 N–H and O–H groups in total. The van der Waals surface area contributed by atoms with Crippen molar-refractivity contribution in [1.29, 1.82) is 0 Å². The molecule has 128 valence electrons. The molecule has 1 aliphatic rings. The summed E-state index contributed by atoms with van der Waals surface area (Å²) >= 11 is 0. The van der Waals surface area contributed by atoms with E-state index in [1.165, 1.54) is 29.5 Å². The van der Waals surface area contributed by atoms with E-state index in [0.717, 1.165) is 25.1 Å². The minimum absolute atomic E-state index is 0.0543. The first-order chi connectivity index (χ1) is 11.6. The fraction of sp³-hybridized carbons (Fsp3) is 0.450. The summed E-state index contributed by atoms with van der Waals surface area (Å²) in [5, 5.41) is 6.06. The Bertz CT molecular complexity index is 699. The van der Waals surface area contributed by atoms with Gasteiger partial charge in [-0.1, -0.05) is 36.6 Å². The van der Waals surface area contributed by atoms with Gasteiger partial charge in [0.25, 0.3) is 0 Å². The van der Waals surface area contributed by atoms with E-state index in [1.54, 1.807) is 0 Å². The number of aryl methyl sites for hydroxylation is 2. The van der Waals surface area contributed by atoms with Gasteiger partial charge in [-0.05, 0) is 49.9 Å². The van der Waals surface area contributed by atoms with Crippen molar-refractivity contribution in [3.05, 3.63) is 58.9 Å². The Balaban J connectivity index is 1.58. The maximum absolute atomic E-state index is 12.0. The van der Waals surface area contributed by atoms with Crippen LogP contribution in [-0.2, 0) is 13.1 Å². The van der Waals surface area contributed by atoms with Crippen LogP contribution in [0.2, 0.25) is 0 Å². The zero-order valence-electron chi connectivity index (χ0n) is 14.6. The van der Waals surface area contributed by atoms with Crippen LogP contribution < -0.4 is 10.6 Å². The fourth-order valence-corrected chi connectivity index (χ4v) is 3.40. The van der Waals surface area contributed by atoms with Gasteiger partial charge in [-0.3, -0.25) is 0 Å². The molecule has 1 aromatic carbocycles. The van der Waals surface area contributed by atoms with Crippen LogP contribution in [0.4, 0.5) is 4.79 Å². The second kappa shape index (κ2) is 7.56. The Hall–Kier alpha value is -2.23. The number of carbonyl (C=O) groups excluding carboxylic acids is 1. The molecule has 0 atom stereocenters. The van der Waals surface area contributed by atoms with Crippen molar-refractivity contribution in [3.8, 4) is 0 Å². The molecule has 1 aliphatic carbocycles. The van der Waals surface area contributed by atoms with E-state index in [1.807, 2.05) is 6.07 Å². The first-order valence-corrected chi connectivity index (χ1v) is 8.86. The fourth-order valence-electron chi connectivity index (χ4n) is 3.40. The predicted molar refractivity (Wildman–Crippen MR) is 97.1 cm³/mol. The van der Waals surface area contributed by atoms with E-state index in [9.17, 15) is 4.79 Å². The van der Waals surface area contributed by atoms with Gasteiger partial charge in [0.05, 0.1) is 6.54 Å². The second-order valence-electron chi connectivity index (χ2n) is 6.87. The summed E-state index contributed by atoms with van der Waals surface area (Å²) in [5.74, 6) is 0. The number of hydrogen-bond acceptors (Lipinski definition) is 1. The third-order valence-corrected chi connectivity index (χ3v) is 4.89. The number of benzene rings is 1. The first-order valence-electron chi connectivity index (χ1n) is 8.86. The quantitative estimate of drug-likeness (QED) is 0.860. The highest BCUT2D eigenvalue weighted by Crippen LogP contribution is 2.17. The van der Waals surface area contributed by atoms with Crippen LogP contribution in [0.15, 0.2) is 36.5 Å². The van der Waals surface area contributed by atoms with E-state index in [0.29, 0.717) is 12.6 Å². The van der Waals surface area contributed by atoms with Gasteiger partial charge in [0, 0.05) is 24.5 Å².